The van der Waals surface area contributed by atoms with Crippen LogP contribution in [0.5, 0.6) is 0 Å². The minimum absolute atomic E-state index is 0.188. The second kappa shape index (κ2) is 6.15. The van der Waals surface area contributed by atoms with Gasteiger partial charge >= 0.3 is 0 Å². The molecule has 0 aromatic heterocycles. The maximum absolute atomic E-state index is 6.22. The first-order valence-electron chi connectivity index (χ1n) is 5.93. The summed E-state index contributed by atoms with van der Waals surface area (Å²) < 4.78 is 0. The number of rotatable bonds is 3. The number of benzene rings is 2. The van der Waals surface area contributed by atoms with Crippen molar-refractivity contribution in [2.75, 3.05) is 0 Å². The average molecular weight is 315 g/mol. The first kappa shape index (κ1) is 14.7. The molecule has 0 saturated carbocycles. The van der Waals surface area contributed by atoms with Gasteiger partial charge in [-0.25, -0.2) is 0 Å². The highest BCUT2D eigenvalue weighted by Crippen LogP contribution is 2.28. The predicted octanol–water partition coefficient (Wildman–Crippen LogP) is 5.20. The van der Waals surface area contributed by atoms with Gasteiger partial charge in [-0.1, -0.05) is 53.0 Å². The summed E-state index contributed by atoms with van der Waals surface area (Å²) in [4.78, 5) is 0. The summed E-state index contributed by atoms with van der Waals surface area (Å²) in [5.74, 6) is 0. The fraction of sp³-hybridized carbons (Fsp3) is 0.200. The van der Waals surface area contributed by atoms with Crippen molar-refractivity contribution < 1.29 is 0 Å². The van der Waals surface area contributed by atoms with Crippen LogP contribution >= 0.6 is 34.8 Å². The molecule has 4 heteroatoms. The fourth-order valence-corrected chi connectivity index (χ4v) is 2.83. The lowest BCUT2D eigenvalue weighted by Crippen LogP contribution is -2.14. The molecule has 2 aromatic rings. The molecule has 2 rings (SSSR count). The molecule has 2 N–H and O–H groups in total. The van der Waals surface area contributed by atoms with Crippen LogP contribution in [0.3, 0.4) is 0 Å². The molecule has 0 aliphatic carbocycles. The van der Waals surface area contributed by atoms with Crippen LogP contribution in [0.4, 0.5) is 0 Å². The van der Waals surface area contributed by atoms with Gasteiger partial charge in [0.25, 0.3) is 0 Å². The van der Waals surface area contributed by atoms with E-state index in [1.165, 1.54) is 0 Å². The Morgan fingerprint density at radius 3 is 2.37 bits per heavy atom. The topological polar surface area (TPSA) is 26.0 Å². The molecular weight excluding hydrogens is 301 g/mol. The van der Waals surface area contributed by atoms with Gasteiger partial charge in [0, 0.05) is 21.1 Å². The third-order valence-corrected chi connectivity index (χ3v) is 3.92. The van der Waals surface area contributed by atoms with Crippen molar-refractivity contribution in [3.63, 3.8) is 0 Å². The zero-order chi connectivity index (χ0) is 14.0. The fourth-order valence-electron chi connectivity index (χ4n) is 1.97. The number of hydrogen-bond donors (Lipinski definition) is 1. The number of nitrogens with two attached hydrogens (primary N) is 1. The number of halogens is 3. The Morgan fingerprint density at radius 1 is 1.00 bits per heavy atom. The van der Waals surface area contributed by atoms with Crippen LogP contribution < -0.4 is 5.73 Å². The van der Waals surface area contributed by atoms with Gasteiger partial charge in [0.15, 0.2) is 0 Å². The number of aryl methyl sites for hydroxylation is 1. The summed E-state index contributed by atoms with van der Waals surface area (Å²) in [6, 6.07) is 11.1. The summed E-state index contributed by atoms with van der Waals surface area (Å²) in [7, 11) is 0. The summed E-state index contributed by atoms with van der Waals surface area (Å²) in [6.45, 7) is 2.00. The second-order valence-electron chi connectivity index (χ2n) is 4.57. The van der Waals surface area contributed by atoms with Crippen molar-refractivity contribution in [2.45, 2.75) is 19.4 Å². The Labute approximate surface area is 128 Å². The van der Waals surface area contributed by atoms with Crippen molar-refractivity contribution in [3.8, 4) is 0 Å². The molecule has 0 aliphatic heterocycles. The molecular formula is C15H14Cl3N. The standard InChI is InChI=1S/C15H14Cl3N/c1-9-2-5-12(14(18)6-9)15(19)7-10-3-4-11(16)8-13(10)17/h2-6,8,15H,7,19H2,1H3. The molecule has 1 nitrogen and oxygen atoms in total. The Morgan fingerprint density at radius 2 is 1.74 bits per heavy atom. The molecule has 0 heterocycles. The van der Waals surface area contributed by atoms with Crippen LogP contribution in [0.15, 0.2) is 36.4 Å². The van der Waals surface area contributed by atoms with Crippen molar-refractivity contribution in [1.82, 2.24) is 0 Å². The van der Waals surface area contributed by atoms with Gasteiger partial charge in [-0.15, -0.1) is 0 Å². The molecule has 0 radical (unpaired) electrons. The van der Waals surface area contributed by atoms with E-state index in [0.29, 0.717) is 21.5 Å². The van der Waals surface area contributed by atoms with Gasteiger partial charge < -0.3 is 5.73 Å². The average Bonchev–Trinajstić information content (AvgIpc) is 2.32. The normalized spacial score (nSPS) is 12.5. The van der Waals surface area contributed by atoms with Crippen LogP contribution in [-0.2, 0) is 6.42 Å². The molecule has 19 heavy (non-hydrogen) atoms. The quantitative estimate of drug-likeness (QED) is 0.828. The van der Waals surface area contributed by atoms with E-state index in [1.54, 1.807) is 6.07 Å². The van der Waals surface area contributed by atoms with E-state index in [0.717, 1.165) is 16.7 Å². The Bertz CT molecular complexity index is 596. The van der Waals surface area contributed by atoms with Gasteiger partial charge in [0.1, 0.15) is 0 Å². The first-order valence-corrected chi connectivity index (χ1v) is 7.06. The third-order valence-electron chi connectivity index (χ3n) is 3.01. The molecule has 0 amide bonds. The highest BCUT2D eigenvalue weighted by molar-refractivity contribution is 6.35. The lowest BCUT2D eigenvalue weighted by Gasteiger charge is -2.15. The second-order valence-corrected chi connectivity index (χ2v) is 5.82. The van der Waals surface area contributed by atoms with Crippen molar-refractivity contribution >= 4 is 34.8 Å². The van der Waals surface area contributed by atoms with E-state index in [-0.39, 0.29) is 6.04 Å². The molecule has 2 aromatic carbocycles. The van der Waals surface area contributed by atoms with Crippen molar-refractivity contribution in [1.29, 1.82) is 0 Å². The molecule has 0 bridgehead atoms. The van der Waals surface area contributed by atoms with Crippen molar-refractivity contribution in [2.24, 2.45) is 5.73 Å². The number of hydrogen-bond acceptors (Lipinski definition) is 1. The minimum Gasteiger partial charge on any atom is -0.324 e. The van der Waals surface area contributed by atoms with E-state index in [9.17, 15) is 0 Å². The van der Waals surface area contributed by atoms with Gasteiger partial charge in [0.05, 0.1) is 0 Å². The van der Waals surface area contributed by atoms with E-state index in [4.69, 9.17) is 40.5 Å². The predicted molar refractivity (Wildman–Crippen MR) is 83.3 cm³/mol. The summed E-state index contributed by atoms with van der Waals surface area (Å²) >= 11 is 18.3. The largest absolute Gasteiger partial charge is 0.324 e. The van der Waals surface area contributed by atoms with Gasteiger partial charge in [-0.3, -0.25) is 0 Å². The molecule has 100 valence electrons. The zero-order valence-electron chi connectivity index (χ0n) is 10.5. The SMILES string of the molecule is Cc1ccc(C(N)Cc2ccc(Cl)cc2Cl)c(Cl)c1. The molecule has 0 spiro atoms. The summed E-state index contributed by atoms with van der Waals surface area (Å²) in [5.41, 5.74) is 9.22. The van der Waals surface area contributed by atoms with Crippen LogP contribution in [0.2, 0.25) is 15.1 Å². The van der Waals surface area contributed by atoms with Crippen LogP contribution in [0, 0.1) is 6.92 Å². The van der Waals surface area contributed by atoms with Crippen LogP contribution in [0.1, 0.15) is 22.7 Å². The Kier molecular flexibility index (Phi) is 4.75. The van der Waals surface area contributed by atoms with Crippen LogP contribution in [-0.4, -0.2) is 0 Å². The van der Waals surface area contributed by atoms with E-state index in [1.807, 2.05) is 37.3 Å². The molecule has 1 unspecified atom stereocenters. The smallest absolute Gasteiger partial charge is 0.0456 e. The van der Waals surface area contributed by atoms with Crippen molar-refractivity contribution in [3.05, 3.63) is 68.2 Å². The van der Waals surface area contributed by atoms with Gasteiger partial charge in [-0.2, -0.15) is 0 Å². The molecule has 0 saturated heterocycles. The summed E-state index contributed by atoms with van der Waals surface area (Å²) in [6.07, 6.45) is 0.624. The maximum atomic E-state index is 6.22. The maximum Gasteiger partial charge on any atom is 0.0456 e. The Hall–Kier alpha value is -0.730. The monoisotopic (exact) mass is 313 g/mol. The third kappa shape index (κ3) is 3.64. The van der Waals surface area contributed by atoms with E-state index >= 15 is 0 Å². The van der Waals surface area contributed by atoms with Crippen LogP contribution in [0.25, 0.3) is 0 Å². The highest BCUT2D eigenvalue weighted by Gasteiger charge is 2.13. The lowest BCUT2D eigenvalue weighted by molar-refractivity contribution is 0.722. The van der Waals surface area contributed by atoms with E-state index in [2.05, 4.69) is 0 Å². The first-order chi connectivity index (χ1) is 8.97. The summed E-state index contributed by atoms with van der Waals surface area (Å²) in [5, 5.41) is 1.94. The Balaban J connectivity index is 2.23. The minimum atomic E-state index is -0.188. The van der Waals surface area contributed by atoms with Gasteiger partial charge in [-0.05, 0) is 48.2 Å². The zero-order valence-corrected chi connectivity index (χ0v) is 12.7. The lowest BCUT2D eigenvalue weighted by atomic mass is 9.99. The van der Waals surface area contributed by atoms with E-state index < -0.39 is 0 Å². The highest BCUT2D eigenvalue weighted by atomic mass is 35.5. The molecule has 0 aliphatic rings. The van der Waals surface area contributed by atoms with Gasteiger partial charge in [0.2, 0.25) is 0 Å². The molecule has 1 atom stereocenters. The molecule has 0 fully saturated rings.